The third-order valence-electron chi connectivity index (χ3n) is 7.03. The van der Waals surface area contributed by atoms with E-state index >= 15 is 0 Å². The largest absolute Gasteiger partial charge is 0.337 e. The molecule has 188 valence electrons. The zero-order valence-corrected chi connectivity index (χ0v) is 20.9. The first kappa shape index (κ1) is 24.5. The number of hydrogen-bond acceptors (Lipinski definition) is 3. The summed E-state index contributed by atoms with van der Waals surface area (Å²) in [6.07, 6.45) is 6.84. The fourth-order valence-corrected chi connectivity index (χ4v) is 5.17. The minimum absolute atomic E-state index is 0.0251. The molecule has 2 heterocycles. The number of carbonyl (C=O) groups excluding carboxylic acids is 2. The third-order valence-corrected chi connectivity index (χ3v) is 7.03. The topological polar surface area (TPSA) is 58.4 Å². The van der Waals surface area contributed by atoms with Gasteiger partial charge in [0.05, 0.1) is 12.2 Å². The van der Waals surface area contributed by atoms with Gasteiger partial charge >= 0.3 is 0 Å². The number of rotatable bonds is 10. The van der Waals surface area contributed by atoms with Crippen molar-refractivity contribution in [2.45, 2.75) is 37.9 Å². The molecule has 0 spiro atoms. The minimum Gasteiger partial charge on any atom is -0.337 e. The Kier molecular flexibility index (Phi) is 7.75. The standard InChI is InChI=1S/C31H32N4O2/c36-30-28(17-21-34(30)23-25-11-4-1-5-12-25)35(20-10-19-33-22-18-32-24-33)31(37)29(26-13-6-2-7-14-26)27-15-8-3-9-16-27/h1-9,11-16,18,22,24,28-29H,10,17,19-21,23H2. The molecule has 0 saturated carbocycles. The highest BCUT2D eigenvalue weighted by atomic mass is 16.2. The highest BCUT2D eigenvalue weighted by molar-refractivity contribution is 5.93. The van der Waals surface area contributed by atoms with Crippen LogP contribution in [0, 0.1) is 0 Å². The molecular formula is C31H32N4O2. The van der Waals surface area contributed by atoms with Gasteiger partial charge in [-0.1, -0.05) is 91.0 Å². The molecule has 2 amide bonds. The second-order valence-electron chi connectivity index (χ2n) is 9.49. The Morgan fingerprint density at radius 3 is 2.14 bits per heavy atom. The number of amides is 2. The number of aromatic nitrogens is 2. The third kappa shape index (κ3) is 5.80. The van der Waals surface area contributed by atoms with Crippen LogP contribution in [-0.2, 0) is 22.7 Å². The zero-order valence-electron chi connectivity index (χ0n) is 20.9. The Morgan fingerprint density at radius 2 is 1.54 bits per heavy atom. The van der Waals surface area contributed by atoms with Crippen LogP contribution in [0.25, 0.3) is 0 Å². The van der Waals surface area contributed by atoms with Crippen molar-refractivity contribution in [3.8, 4) is 0 Å². The molecular weight excluding hydrogens is 460 g/mol. The monoisotopic (exact) mass is 492 g/mol. The van der Waals surface area contributed by atoms with Crippen LogP contribution in [0.4, 0.5) is 0 Å². The summed E-state index contributed by atoms with van der Waals surface area (Å²) in [5, 5.41) is 0. The SMILES string of the molecule is O=C1C(N(CCCn2ccnc2)C(=O)C(c2ccccc2)c2ccccc2)CCN1Cc1ccccc1. The van der Waals surface area contributed by atoms with Crippen LogP contribution in [0.15, 0.2) is 110 Å². The molecule has 6 heteroatoms. The second kappa shape index (κ2) is 11.7. The van der Waals surface area contributed by atoms with Crippen LogP contribution < -0.4 is 0 Å². The van der Waals surface area contributed by atoms with Crippen molar-refractivity contribution >= 4 is 11.8 Å². The summed E-state index contributed by atoms with van der Waals surface area (Å²) in [6.45, 7) is 2.45. The highest BCUT2D eigenvalue weighted by Gasteiger charge is 2.40. The van der Waals surface area contributed by atoms with Crippen molar-refractivity contribution in [3.05, 3.63) is 126 Å². The van der Waals surface area contributed by atoms with E-state index < -0.39 is 12.0 Å². The van der Waals surface area contributed by atoms with E-state index in [1.807, 2.05) is 112 Å². The fraction of sp³-hybridized carbons (Fsp3) is 0.258. The lowest BCUT2D eigenvalue weighted by atomic mass is 9.89. The van der Waals surface area contributed by atoms with Gasteiger partial charge in [-0.05, 0) is 29.5 Å². The number of imidazole rings is 1. The number of nitrogens with zero attached hydrogens (tertiary/aromatic N) is 4. The molecule has 1 saturated heterocycles. The van der Waals surface area contributed by atoms with E-state index in [2.05, 4.69) is 4.98 Å². The van der Waals surface area contributed by atoms with Gasteiger partial charge in [0.2, 0.25) is 11.8 Å². The Morgan fingerprint density at radius 1 is 0.919 bits per heavy atom. The summed E-state index contributed by atoms with van der Waals surface area (Å²) in [7, 11) is 0. The summed E-state index contributed by atoms with van der Waals surface area (Å²) in [5.41, 5.74) is 2.97. The predicted octanol–water partition coefficient (Wildman–Crippen LogP) is 4.74. The molecule has 1 fully saturated rings. The molecule has 1 atom stereocenters. The average molecular weight is 493 g/mol. The quantitative estimate of drug-likeness (QED) is 0.321. The molecule has 0 aliphatic carbocycles. The first-order valence-corrected chi connectivity index (χ1v) is 12.9. The zero-order chi connectivity index (χ0) is 25.5. The van der Waals surface area contributed by atoms with E-state index in [0.717, 1.165) is 29.7 Å². The molecule has 5 rings (SSSR count). The number of benzene rings is 3. The van der Waals surface area contributed by atoms with E-state index in [9.17, 15) is 9.59 Å². The predicted molar refractivity (Wildman–Crippen MR) is 144 cm³/mol. The summed E-state index contributed by atoms with van der Waals surface area (Å²) >= 11 is 0. The average Bonchev–Trinajstić information content (AvgIpc) is 3.59. The first-order valence-electron chi connectivity index (χ1n) is 12.9. The van der Waals surface area contributed by atoms with Gasteiger partial charge in [0.1, 0.15) is 6.04 Å². The number of aryl methyl sites for hydroxylation is 1. The maximum absolute atomic E-state index is 14.4. The van der Waals surface area contributed by atoms with Crippen molar-refractivity contribution in [1.29, 1.82) is 0 Å². The lowest BCUT2D eigenvalue weighted by Gasteiger charge is -2.32. The van der Waals surface area contributed by atoms with Crippen LogP contribution >= 0.6 is 0 Å². The van der Waals surface area contributed by atoms with Gasteiger partial charge in [-0.3, -0.25) is 9.59 Å². The van der Waals surface area contributed by atoms with Crippen LogP contribution in [0.2, 0.25) is 0 Å². The second-order valence-corrected chi connectivity index (χ2v) is 9.49. The molecule has 37 heavy (non-hydrogen) atoms. The normalized spacial score (nSPS) is 15.3. The van der Waals surface area contributed by atoms with E-state index in [1.165, 1.54) is 0 Å². The maximum atomic E-state index is 14.4. The van der Waals surface area contributed by atoms with Gasteiger partial charge in [-0.25, -0.2) is 4.98 Å². The van der Waals surface area contributed by atoms with E-state index in [-0.39, 0.29) is 11.8 Å². The molecule has 1 aromatic heterocycles. The number of likely N-dealkylation sites (tertiary alicyclic amines) is 1. The van der Waals surface area contributed by atoms with Gasteiger partial charge in [0.15, 0.2) is 0 Å². The van der Waals surface area contributed by atoms with E-state index in [1.54, 1.807) is 12.5 Å². The lowest BCUT2D eigenvalue weighted by Crippen LogP contribution is -2.47. The van der Waals surface area contributed by atoms with Gasteiger partial charge in [-0.15, -0.1) is 0 Å². The Hall–Kier alpha value is -4.19. The van der Waals surface area contributed by atoms with Crippen LogP contribution in [-0.4, -0.2) is 50.3 Å². The number of hydrogen-bond donors (Lipinski definition) is 0. The van der Waals surface area contributed by atoms with Crippen LogP contribution in [0.5, 0.6) is 0 Å². The lowest BCUT2D eigenvalue weighted by molar-refractivity contribution is -0.142. The van der Waals surface area contributed by atoms with Gasteiger partial charge in [0.25, 0.3) is 0 Å². The first-order chi connectivity index (χ1) is 18.2. The van der Waals surface area contributed by atoms with Crippen molar-refractivity contribution in [2.75, 3.05) is 13.1 Å². The Labute approximate surface area is 218 Å². The summed E-state index contributed by atoms with van der Waals surface area (Å²) in [6, 6.07) is 29.3. The molecule has 6 nitrogen and oxygen atoms in total. The van der Waals surface area contributed by atoms with E-state index in [4.69, 9.17) is 0 Å². The van der Waals surface area contributed by atoms with Crippen molar-refractivity contribution in [2.24, 2.45) is 0 Å². The molecule has 4 aromatic rings. The Balaban J connectivity index is 1.42. The maximum Gasteiger partial charge on any atom is 0.245 e. The van der Waals surface area contributed by atoms with E-state index in [0.29, 0.717) is 26.1 Å². The van der Waals surface area contributed by atoms with Crippen LogP contribution in [0.3, 0.4) is 0 Å². The van der Waals surface area contributed by atoms with Crippen molar-refractivity contribution in [3.63, 3.8) is 0 Å². The van der Waals surface area contributed by atoms with Crippen molar-refractivity contribution in [1.82, 2.24) is 19.4 Å². The fourth-order valence-electron chi connectivity index (χ4n) is 5.17. The van der Waals surface area contributed by atoms with Gasteiger partial charge in [0, 0.05) is 38.6 Å². The highest BCUT2D eigenvalue weighted by Crippen LogP contribution is 2.30. The van der Waals surface area contributed by atoms with Gasteiger partial charge < -0.3 is 14.4 Å². The summed E-state index contributed by atoms with van der Waals surface area (Å²) in [4.78, 5) is 35.9. The molecule has 1 aliphatic heterocycles. The molecule has 0 bridgehead atoms. The summed E-state index contributed by atoms with van der Waals surface area (Å²) in [5.74, 6) is -0.464. The molecule has 1 unspecified atom stereocenters. The smallest absolute Gasteiger partial charge is 0.245 e. The Bertz CT molecular complexity index is 1240. The molecule has 3 aromatic carbocycles. The van der Waals surface area contributed by atoms with Crippen LogP contribution in [0.1, 0.15) is 35.4 Å². The van der Waals surface area contributed by atoms with Crippen molar-refractivity contribution < 1.29 is 9.59 Å². The number of carbonyl (C=O) groups is 2. The summed E-state index contributed by atoms with van der Waals surface area (Å²) < 4.78 is 2.01. The minimum atomic E-state index is -0.466. The molecule has 0 radical (unpaired) electrons. The van der Waals surface area contributed by atoms with Gasteiger partial charge in [-0.2, -0.15) is 0 Å². The molecule has 0 N–H and O–H groups in total. The molecule has 1 aliphatic rings.